The van der Waals surface area contributed by atoms with Crippen LogP contribution in [0.5, 0.6) is 0 Å². The van der Waals surface area contributed by atoms with Crippen LogP contribution >= 0.6 is 0 Å². The van der Waals surface area contributed by atoms with E-state index in [1.165, 1.54) is 6.92 Å². The summed E-state index contributed by atoms with van der Waals surface area (Å²) in [6, 6.07) is 13.1. The molecule has 4 atom stereocenters. The van der Waals surface area contributed by atoms with E-state index >= 15 is 0 Å². The Labute approximate surface area is 256 Å². The first-order valence-corrected chi connectivity index (χ1v) is 15.0. The fraction of sp³-hybridized carbons (Fsp3) is 0.412. The number of nitrogens with zero attached hydrogens (tertiary/aromatic N) is 5. The highest BCUT2D eigenvalue weighted by atomic mass is 16.5. The van der Waals surface area contributed by atoms with Gasteiger partial charge in [-0.25, -0.2) is 9.97 Å². The van der Waals surface area contributed by atoms with Gasteiger partial charge in [-0.3, -0.25) is 19.1 Å². The third-order valence-corrected chi connectivity index (χ3v) is 9.03. The van der Waals surface area contributed by atoms with Crippen molar-refractivity contribution in [2.75, 3.05) is 13.7 Å². The maximum absolute atomic E-state index is 14.0. The van der Waals surface area contributed by atoms with E-state index in [2.05, 4.69) is 27.3 Å². The number of nitrogens with one attached hydrogen (secondary N) is 1. The summed E-state index contributed by atoms with van der Waals surface area (Å²) in [5.41, 5.74) is 4.63. The Hall–Kier alpha value is -4.44. The fourth-order valence-corrected chi connectivity index (χ4v) is 6.73. The number of ketones is 1. The van der Waals surface area contributed by atoms with Crippen molar-refractivity contribution >= 4 is 28.5 Å². The first kappa shape index (κ1) is 29.6. The molecule has 1 saturated heterocycles. The van der Waals surface area contributed by atoms with Crippen molar-refractivity contribution in [3.63, 3.8) is 0 Å². The summed E-state index contributed by atoms with van der Waals surface area (Å²) in [5, 5.41) is 8.47. The first-order chi connectivity index (χ1) is 21.1. The molecule has 1 saturated carbocycles. The van der Waals surface area contributed by atoms with E-state index in [0.717, 1.165) is 34.2 Å². The number of piperidine rings is 1. The molecule has 1 N–H and O–H groups in total. The van der Waals surface area contributed by atoms with Crippen LogP contribution in [0.25, 0.3) is 22.0 Å². The molecular weight excluding hydrogens is 556 g/mol. The summed E-state index contributed by atoms with van der Waals surface area (Å²) >= 11 is 0. The second-order valence-electron chi connectivity index (χ2n) is 12.5. The molecule has 4 aromatic rings. The van der Waals surface area contributed by atoms with Gasteiger partial charge in [0.15, 0.2) is 5.78 Å². The molecule has 2 aromatic carbocycles. The van der Waals surface area contributed by atoms with Crippen molar-refractivity contribution in [2.45, 2.75) is 71.6 Å². The van der Waals surface area contributed by atoms with E-state index in [9.17, 15) is 14.4 Å². The number of amides is 2. The SMILES string of the molecule is COCC(Cc1ccccc1)NC(=O)[C@@H]1C[C@@]2(C)C[C@H]2N1C(=O)Cn1nc(C(C)=O)c2cc(-c3cnc(C)nc3)cc(C)c21. The number of carbonyl (C=O) groups excluding carboxylic acids is 3. The summed E-state index contributed by atoms with van der Waals surface area (Å²) in [6.07, 6.45) is 5.62. The Morgan fingerprint density at radius 1 is 1.07 bits per heavy atom. The lowest BCUT2D eigenvalue weighted by atomic mass is 10.0. The molecule has 3 heterocycles. The third kappa shape index (κ3) is 5.61. The number of likely N-dealkylation sites (tertiary alicyclic amines) is 1. The van der Waals surface area contributed by atoms with Crippen molar-refractivity contribution in [3.05, 3.63) is 77.5 Å². The third-order valence-electron chi connectivity index (χ3n) is 9.03. The zero-order chi connectivity index (χ0) is 31.2. The van der Waals surface area contributed by atoms with Gasteiger partial charge in [0.2, 0.25) is 11.8 Å². The molecule has 228 valence electrons. The van der Waals surface area contributed by atoms with Crippen molar-refractivity contribution in [1.82, 2.24) is 30.0 Å². The van der Waals surface area contributed by atoms with Gasteiger partial charge in [0.05, 0.1) is 18.2 Å². The number of Topliss-reactive ketones (excluding diaryl/α,β-unsaturated/α-hetero) is 1. The van der Waals surface area contributed by atoms with E-state index in [-0.39, 0.29) is 41.6 Å². The second kappa shape index (κ2) is 11.6. The molecule has 2 aliphatic rings. The Kier molecular flexibility index (Phi) is 7.79. The summed E-state index contributed by atoms with van der Waals surface area (Å²) in [6.45, 7) is 7.69. The van der Waals surface area contributed by atoms with Crippen LogP contribution in [0.15, 0.2) is 54.9 Å². The molecule has 1 aliphatic heterocycles. The number of benzene rings is 2. The zero-order valence-corrected chi connectivity index (χ0v) is 25.8. The molecule has 0 radical (unpaired) electrons. The van der Waals surface area contributed by atoms with Crippen LogP contribution in [-0.2, 0) is 27.3 Å². The molecule has 1 unspecified atom stereocenters. The van der Waals surface area contributed by atoms with Crippen LogP contribution in [0, 0.1) is 19.3 Å². The number of hydrogen-bond acceptors (Lipinski definition) is 7. The van der Waals surface area contributed by atoms with Gasteiger partial charge in [0.1, 0.15) is 24.1 Å². The number of carbonyl (C=O) groups is 3. The predicted molar refractivity (Wildman–Crippen MR) is 166 cm³/mol. The number of rotatable bonds is 10. The lowest BCUT2D eigenvalue weighted by Crippen LogP contribution is -2.52. The number of hydrogen-bond donors (Lipinski definition) is 1. The Morgan fingerprint density at radius 3 is 2.48 bits per heavy atom. The maximum Gasteiger partial charge on any atom is 0.245 e. The molecule has 6 rings (SSSR count). The Morgan fingerprint density at radius 2 is 1.80 bits per heavy atom. The largest absolute Gasteiger partial charge is 0.383 e. The van der Waals surface area contributed by atoms with Gasteiger partial charge in [-0.15, -0.1) is 0 Å². The lowest BCUT2D eigenvalue weighted by Gasteiger charge is -2.29. The predicted octanol–water partition coefficient (Wildman–Crippen LogP) is 4.07. The Bertz CT molecular complexity index is 1730. The van der Waals surface area contributed by atoms with Gasteiger partial charge >= 0.3 is 0 Å². The minimum Gasteiger partial charge on any atom is -0.383 e. The minimum atomic E-state index is -0.579. The molecule has 1 aliphatic carbocycles. The molecule has 2 fully saturated rings. The van der Waals surface area contributed by atoms with Gasteiger partial charge in [-0.1, -0.05) is 37.3 Å². The second-order valence-corrected chi connectivity index (χ2v) is 12.5. The highest BCUT2D eigenvalue weighted by Gasteiger charge is 2.64. The molecule has 44 heavy (non-hydrogen) atoms. The maximum atomic E-state index is 14.0. The number of ether oxygens (including phenoxy) is 1. The summed E-state index contributed by atoms with van der Waals surface area (Å²) in [4.78, 5) is 50.8. The molecule has 10 heteroatoms. The number of aromatic nitrogens is 4. The van der Waals surface area contributed by atoms with Crippen LogP contribution < -0.4 is 5.32 Å². The first-order valence-electron chi connectivity index (χ1n) is 15.0. The van der Waals surface area contributed by atoms with Gasteiger partial charge in [0.25, 0.3) is 0 Å². The van der Waals surface area contributed by atoms with E-state index in [1.54, 1.807) is 29.1 Å². The molecule has 0 spiro atoms. The van der Waals surface area contributed by atoms with Crippen LogP contribution in [-0.4, -0.2) is 74.1 Å². The number of aryl methyl sites for hydroxylation is 2. The molecule has 2 amide bonds. The topological polar surface area (TPSA) is 119 Å². The number of methoxy groups -OCH3 is 1. The van der Waals surface area contributed by atoms with E-state index in [4.69, 9.17) is 4.74 Å². The van der Waals surface area contributed by atoms with Gasteiger partial charge in [0, 0.05) is 43.4 Å². The van der Waals surface area contributed by atoms with Crippen LogP contribution in [0.1, 0.15) is 54.1 Å². The fourth-order valence-electron chi connectivity index (χ4n) is 6.73. The van der Waals surface area contributed by atoms with Crippen molar-refractivity contribution in [1.29, 1.82) is 0 Å². The highest BCUT2D eigenvalue weighted by molar-refractivity contribution is 6.07. The number of fused-ring (bicyclic) bond motifs is 2. The quantitative estimate of drug-likeness (QED) is 0.275. The van der Waals surface area contributed by atoms with Gasteiger partial charge in [-0.05, 0) is 67.3 Å². The smallest absolute Gasteiger partial charge is 0.245 e. The van der Waals surface area contributed by atoms with E-state index in [1.807, 2.05) is 56.3 Å². The molecular formula is C34H38N6O4. The minimum absolute atomic E-state index is 0.00379. The summed E-state index contributed by atoms with van der Waals surface area (Å²) < 4.78 is 7.04. The van der Waals surface area contributed by atoms with E-state index in [0.29, 0.717) is 36.4 Å². The lowest BCUT2D eigenvalue weighted by molar-refractivity contribution is -0.140. The average molecular weight is 595 g/mol. The molecule has 2 aromatic heterocycles. The van der Waals surface area contributed by atoms with Gasteiger partial charge in [-0.2, -0.15) is 5.10 Å². The standard InChI is InChI=1S/C34H38N6O4/c1-20-11-24(25-16-35-22(3)36-17-25)13-27-31(21(2)41)38-39(32(20)27)18-30(42)40-28(14-34(4)15-29(34)40)33(43)37-26(19-44-5)12-23-9-7-6-8-10-23/h6-11,13,16-17,26,28-29H,12,14-15,18-19H2,1-5H3,(H,37,43)/t26?,28-,29+,34-/m0/s1. The van der Waals surface area contributed by atoms with Crippen LogP contribution in [0.2, 0.25) is 0 Å². The van der Waals surface area contributed by atoms with Crippen LogP contribution in [0.4, 0.5) is 0 Å². The monoisotopic (exact) mass is 594 g/mol. The normalized spacial score (nSPS) is 21.2. The summed E-state index contributed by atoms with van der Waals surface area (Å²) in [7, 11) is 1.62. The zero-order valence-electron chi connectivity index (χ0n) is 25.8. The highest BCUT2D eigenvalue weighted by Crippen LogP contribution is 2.59. The van der Waals surface area contributed by atoms with Crippen molar-refractivity contribution < 1.29 is 19.1 Å². The average Bonchev–Trinajstić information content (AvgIpc) is 3.34. The van der Waals surface area contributed by atoms with E-state index < -0.39 is 6.04 Å². The summed E-state index contributed by atoms with van der Waals surface area (Å²) in [5.74, 6) is 0.139. The van der Waals surface area contributed by atoms with Gasteiger partial charge < -0.3 is 15.0 Å². The molecule has 0 bridgehead atoms. The van der Waals surface area contributed by atoms with Crippen molar-refractivity contribution in [3.8, 4) is 11.1 Å². The van der Waals surface area contributed by atoms with Crippen molar-refractivity contribution in [2.24, 2.45) is 5.41 Å². The Balaban J connectivity index is 1.26. The van der Waals surface area contributed by atoms with Crippen LogP contribution in [0.3, 0.4) is 0 Å². The molecule has 10 nitrogen and oxygen atoms in total.